The van der Waals surface area contributed by atoms with Gasteiger partial charge in [-0.1, -0.05) is 18.2 Å². The number of rotatable bonds is 4. The zero-order valence-electron chi connectivity index (χ0n) is 11.7. The van der Waals surface area contributed by atoms with Gasteiger partial charge in [-0.25, -0.2) is 4.79 Å². The van der Waals surface area contributed by atoms with Crippen molar-refractivity contribution >= 4 is 5.97 Å². The number of carbonyl (C=O) groups excluding carboxylic acids is 1. The molecule has 0 fully saturated rings. The van der Waals surface area contributed by atoms with Crippen molar-refractivity contribution in [3.63, 3.8) is 0 Å². The van der Waals surface area contributed by atoms with Gasteiger partial charge in [0.2, 0.25) is 0 Å². The van der Waals surface area contributed by atoms with Gasteiger partial charge in [0.15, 0.2) is 0 Å². The van der Waals surface area contributed by atoms with Crippen LogP contribution in [0.4, 0.5) is 13.2 Å². The minimum atomic E-state index is -4.49. The van der Waals surface area contributed by atoms with Crippen molar-refractivity contribution in [1.29, 1.82) is 0 Å². The molecule has 0 saturated heterocycles. The Morgan fingerprint density at radius 2 is 1.77 bits per heavy atom. The lowest BCUT2D eigenvalue weighted by atomic mass is 10.0. The monoisotopic (exact) mass is 310 g/mol. The van der Waals surface area contributed by atoms with Gasteiger partial charge in [0.05, 0.1) is 18.2 Å². The molecule has 0 bridgehead atoms. The third-order valence-electron chi connectivity index (χ3n) is 2.98. The first-order chi connectivity index (χ1) is 10.4. The number of ether oxygens (including phenoxy) is 2. The van der Waals surface area contributed by atoms with E-state index in [-0.39, 0.29) is 17.7 Å². The molecule has 0 atom stereocenters. The Balaban J connectivity index is 2.31. The molecule has 2 aromatic rings. The summed E-state index contributed by atoms with van der Waals surface area (Å²) in [6.07, 6.45) is -4.49. The number of methoxy groups -OCH3 is 1. The van der Waals surface area contributed by atoms with Gasteiger partial charge in [0.25, 0.3) is 0 Å². The topological polar surface area (TPSA) is 35.5 Å². The summed E-state index contributed by atoms with van der Waals surface area (Å²) in [5.41, 5.74) is -0.677. The van der Waals surface area contributed by atoms with E-state index in [4.69, 9.17) is 4.74 Å². The zero-order valence-corrected chi connectivity index (χ0v) is 11.7. The predicted molar refractivity (Wildman–Crippen MR) is 73.6 cm³/mol. The second-order valence-electron chi connectivity index (χ2n) is 4.46. The molecule has 0 aliphatic heterocycles. The van der Waals surface area contributed by atoms with E-state index in [1.807, 2.05) is 0 Å². The Bertz CT molecular complexity index is 651. The van der Waals surface area contributed by atoms with Crippen LogP contribution in [-0.2, 0) is 17.5 Å². The number of carbonyl (C=O) groups is 1. The molecule has 0 radical (unpaired) electrons. The fraction of sp³-hybridized carbons (Fsp3) is 0.188. The van der Waals surface area contributed by atoms with Crippen molar-refractivity contribution in [3.05, 3.63) is 65.2 Å². The molecule has 0 aliphatic carbocycles. The standard InChI is InChI=1S/C16H13F3O3/c1-21-15(20)14-8-7-12(16(17,18)19)9-11(14)10-22-13-5-3-2-4-6-13/h2-9H,10H2,1H3. The number of hydrogen-bond donors (Lipinski definition) is 0. The number of para-hydroxylation sites is 1. The van der Waals surface area contributed by atoms with Crippen LogP contribution in [-0.4, -0.2) is 13.1 Å². The van der Waals surface area contributed by atoms with Gasteiger partial charge in [-0.15, -0.1) is 0 Å². The molecule has 0 aliphatic rings. The lowest BCUT2D eigenvalue weighted by Gasteiger charge is -2.13. The van der Waals surface area contributed by atoms with Crippen molar-refractivity contribution in [2.24, 2.45) is 0 Å². The average Bonchev–Trinajstić information content (AvgIpc) is 2.52. The molecule has 6 heteroatoms. The van der Waals surface area contributed by atoms with Crippen LogP contribution in [0.5, 0.6) is 5.75 Å². The molecule has 2 rings (SSSR count). The quantitative estimate of drug-likeness (QED) is 0.799. The third-order valence-corrected chi connectivity index (χ3v) is 2.98. The second kappa shape index (κ2) is 6.51. The first-order valence-corrected chi connectivity index (χ1v) is 6.38. The average molecular weight is 310 g/mol. The summed E-state index contributed by atoms with van der Waals surface area (Å²) in [5, 5.41) is 0. The highest BCUT2D eigenvalue weighted by Crippen LogP contribution is 2.31. The van der Waals surface area contributed by atoms with Crippen LogP contribution in [0.2, 0.25) is 0 Å². The van der Waals surface area contributed by atoms with E-state index in [1.165, 1.54) is 7.11 Å². The van der Waals surface area contributed by atoms with E-state index in [0.717, 1.165) is 18.2 Å². The van der Waals surface area contributed by atoms with Gasteiger partial charge in [-0.3, -0.25) is 0 Å². The maximum Gasteiger partial charge on any atom is 0.416 e. The van der Waals surface area contributed by atoms with Crippen molar-refractivity contribution in [1.82, 2.24) is 0 Å². The molecule has 0 aromatic heterocycles. The van der Waals surface area contributed by atoms with E-state index in [0.29, 0.717) is 5.75 Å². The Morgan fingerprint density at radius 3 is 2.36 bits per heavy atom. The fourth-order valence-corrected chi connectivity index (χ4v) is 1.88. The number of hydrogen-bond acceptors (Lipinski definition) is 3. The number of esters is 1. The van der Waals surface area contributed by atoms with Gasteiger partial charge >= 0.3 is 12.1 Å². The van der Waals surface area contributed by atoms with Crippen molar-refractivity contribution in [2.45, 2.75) is 12.8 Å². The fourth-order valence-electron chi connectivity index (χ4n) is 1.88. The van der Waals surface area contributed by atoms with Gasteiger partial charge in [-0.2, -0.15) is 13.2 Å². The van der Waals surface area contributed by atoms with Crippen LogP contribution in [0.3, 0.4) is 0 Å². The van der Waals surface area contributed by atoms with Crippen molar-refractivity contribution < 1.29 is 27.4 Å². The zero-order chi connectivity index (χ0) is 16.2. The summed E-state index contributed by atoms with van der Waals surface area (Å²) in [7, 11) is 1.17. The molecule has 22 heavy (non-hydrogen) atoms. The normalized spacial score (nSPS) is 11.1. The van der Waals surface area contributed by atoms with Gasteiger partial charge in [0, 0.05) is 5.56 Å². The molecule has 2 aromatic carbocycles. The molecular formula is C16H13F3O3. The maximum absolute atomic E-state index is 12.8. The van der Waals surface area contributed by atoms with E-state index >= 15 is 0 Å². The van der Waals surface area contributed by atoms with E-state index in [2.05, 4.69) is 4.74 Å². The molecule has 0 spiro atoms. The predicted octanol–water partition coefficient (Wildman–Crippen LogP) is 4.07. The molecular weight excluding hydrogens is 297 g/mol. The first-order valence-electron chi connectivity index (χ1n) is 6.38. The van der Waals surface area contributed by atoms with Crippen LogP contribution in [0.1, 0.15) is 21.5 Å². The molecule has 0 saturated carbocycles. The van der Waals surface area contributed by atoms with Crippen molar-refractivity contribution in [3.8, 4) is 5.75 Å². The Labute approximate surface area is 125 Å². The Morgan fingerprint density at radius 1 is 1.09 bits per heavy atom. The molecule has 0 heterocycles. The van der Waals surface area contributed by atoms with Gasteiger partial charge in [0.1, 0.15) is 12.4 Å². The van der Waals surface area contributed by atoms with Gasteiger partial charge < -0.3 is 9.47 Å². The lowest BCUT2D eigenvalue weighted by molar-refractivity contribution is -0.137. The summed E-state index contributed by atoms with van der Waals surface area (Å²) in [5.74, 6) is -0.212. The van der Waals surface area contributed by atoms with E-state index in [1.54, 1.807) is 30.3 Å². The maximum atomic E-state index is 12.8. The molecule has 0 unspecified atom stereocenters. The largest absolute Gasteiger partial charge is 0.489 e. The summed E-state index contributed by atoms with van der Waals surface area (Å²) in [6.45, 7) is -0.168. The second-order valence-corrected chi connectivity index (χ2v) is 4.46. The third kappa shape index (κ3) is 3.78. The van der Waals surface area contributed by atoms with Crippen LogP contribution in [0.25, 0.3) is 0 Å². The van der Waals surface area contributed by atoms with E-state index < -0.39 is 17.7 Å². The highest BCUT2D eigenvalue weighted by atomic mass is 19.4. The highest BCUT2D eigenvalue weighted by molar-refractivity contribution is 5.91. The minimum Gasteiger partial charge on any atom is -0.489 e. The number of halogens is 3. The molecule has 0 N–H and O–H groups in total. The number of alkyl halides is 3. The summed E-state index contributed by atoms with van der Waals surface area (Å²) >= 11 is 0. The summed E-state index contributed by atoms with van der Waals surface area (Å²) in [6, 6.07) is 11.4. The highest BCUT2D eigenvalue weighted by Gasteiger charge is 2.31. The molecule has 116 valence electrons. The molecule has 3 nitrogen and oxygen atoms in total. The lowest BCUT2D eigenvalue weighted by Crippen LogP contribution is -2.12. The Kier molecular flexibility index (Phi) is 4.70. The van der Waals surface area contributed by atoms with Crippen molar-refractivity contribution in [2.75, 3.05) is 7.11 Å². The summed E-state index contributed by atoms with van der Waals surface area (Å²) < 4.78 is 48.4. The first kappa shape index (κ1) is 15.9. The minimum absolute atomic E-state index is 0.0476. The smallest absolute Gasteiger partial charge is 0.416 e. The van der Waals surface area contributed by atoms with Crippen LogP contribution in [0, 0.1) is 0 Å². The SMILES string of the molecule is COC(=O)c1ccc(C(F)(F)F)cc1COc1ccccc1. The van der Waals surface area contributed by atoms with Crippen LogP contribution in [0.15, 0.2) is 48.5 Å². The summed E-state index contributed by atoms with van der Waals surface area (Å²) in [4.78, 5) is 11.6. The molecule has 0 amide bonds. The van der Waals surface area contributed by atoms with Crippen LogP contribution >= 0.6 is 0 Å². The Hall–Kier alpha value is -2.50. The van der Waals surface area contributed by atoms with Crippen LogP contribution < -0.4 is 4.74 Å². The van der Waals surface area contributed by atoms with Gasteiger partial charge in [-0.05, 0) is 30.3 Å². The van der Waals surface area contributed by atoms with E-state index in [9.17, 15) is 18.0 Å². The number of benzene rings is 2.